The summed E-state index contributed by atoms with van der Waals surface area (Å²) in [6.45, 7) is 1.77. The van der Waals surface area contributed by atoms with Crippen molar-refractivity contribution in [2.75, 3.05) is 7.11 Å². The summed E-state index contributed by atoms with van der Waals surface area (Å²) in [4.78, 5) is 20.0. The van der Waals surface area contributed by atoms with Crippen molar-refractivity contribution in [3.05, 3.63) is 72.2 Å². The summed E-state index contributed by atoms with van der Waals surface area (Å²) >= 11 is 0. The molecule has 0 saturated carbocycles. The van der Waals surface area contributed by atoms with Crippen molar-refractivity contribution in [3.63, 3.8) is 0 Å². The van der Waals surface area contributed by atoms with Gasteiger partial charge >= 0.3 is 5.97 Å². The second-order valence-electron chi connectivity index (χ2n) is 5.50. The molecule has 3 rings (SSSR count). The Morgan fingerprint density at radius 1 is 1.04 bits per heavy atom. The molecule has 0 radical (unpaired) electrons. The molecule has 0 amide bonds. The minimum atomic E-state index is -0.365. The first kappa shape index (κ1) is 16.6. The first-order chi connectivity index (χ1) is 12.2. The van der Waals surface area contributed by atoms with Gasteiger partial charge in [0.15, 0.2) is 0 Å². The van der Waals surface area contributed by atoms with Crippen LogP contribution >= 0.6 is 0 Å². The second kappa shape index (κ2) is 7.57. The predicted molar refractivity (Wildman–Crippen MR) is 94.4 cm³/mol. The Morgan fingerprint density at radius 3 is 2.56 bits per heavy atom. The number of hydrogen-bond acceptors (Lipinski definition) is 5. The van der Waals surface area contributed by atoms with Crippen molar-refractivity contribution in [1.29, 1.82) is 0 Å². The van der Waals surface area contributed by atoms with Gasteiger partial charge in [-0.25, -0.2) is 4.98 Å². The van der Waals surface area contributed by atoms with Crippen LogP contribution in [-0.4, -0.2) is 23.0 Å². The molecule has 3 aromatic rings. The Kier molecular flexibility index (Phi) is 5.04. The van der Waals surface area contributed by atoms with Gasteiger partial charge in [0.05, 0.1) is 13.5 Å². The molecule has 0 unspecified atom stereocenters. The molecule has 0 spiro atoms. The summed E-state index contributed by atoms with van der Waals surface area (Å²) in [6.07, 6.45) is 1.65. The Hall–Kier alpha value is -3.21. The first-order valence-electron chi connectivity index (χ1n) is 7.88. The Balaban J connectivity index is 1.90. The van der Waals surface area contributed by atoms with Gasteiger partial charge in [-0.2, -0.15) is 4.98 Å². The monoisotopic (exact) mass is 334 g/mol. The number of carbonyl (C=O) groups is 1. The number of aryl methyl sites for hydroxylation is 1. The third-order valence-electron chi connectivity index (χ3n) is 3.66. The molecule has 0 saturated heterocycles. The Morgan fingerprint density at radius 2 is 1.80 bits per heavy atom. The molecule has 0 atom stereocenters. The van der Waals surface area contributed by atoms with Crippen molar-refractivity contribution < 1.29 is 14.3 Å². The zero-order valence-corrected chi connectivity index (χ0v) is 14.1. The summed E-state index contributed by atoms with van der Waals surface area (Å²) < 4.78 is 10.7. The molecule has 0 N–H and O–H groups in total. The van der Waals surface area contributed by atoms with Gasteiger partial charge in [0, 0.05) is 11.8 Å². The third-order valence-corrected chi connectivity index (χ3v) is 3.66. The number of ether oxygens (including phenoxy) is 2. The number of benzene rings is 2. The van der Waals surface area contributed by atoms with Crippen LogP contribution in [0, 0.1) is 6.92 Å². The average molecular weight is 334 g/mol. The van der Waals surface area contributed by atoms with E-state index in [-0.39, 0.29) is 12.4 Å². The molecule has 2 aromatic carbocycles. The largest absolute Gasteiger partial charge is 0.469 e. The molecule has 0 aliphatic carbocycles. The summed E-state index contributed by atoms with van der Waals surface area (Å²) in [5, 5.41) is 0. The molecule has 1 aromatic heterocycles. The van der Waals surface area contributed by atoms with Crippen molar-refractivity contribution in [2.24, 2.45) is 0 Å². The number of nitrogens with zero attached hydrogens (tertiary/aromatic N) is 2. The summed E-state index contributed by atoms with van der Waals surface area (Å²) in [7, 11) is 1.35. The normalized spacial score (nSPS) is 10.3. The smallest absolute Gasteiger partial charge is 0.310 e. The van der Waals surface area contributed by atoms with E-state index in [1.165, 1.54) is 7.11 Å². The molecule has 126 valence electrons. The van der Waals surface area contributed by atoms with Gasteiger partial charge in [0.2, 0.25) is 5.88 Å². The van der Waals surface area contributed by atoms with E-state index in [1.54, 1.807) is 13.1 Å². The molecule has 5 heteroatoms. The number of hydrogen-bond donors (Lipinski definition) is 0. The van der Waals surface area contributed by atoms with Crippen LogP contribution in [0.25, 0.3) is 11.1 Å². The molecular formula is C20H18N2O3. The Labute approximate surface area is 146 Å². The van der Waals surface area contributed by atoms with Crippen molar-refractivity contribution in [2.45, 2.75) is 13.3 Å². The first-order valence-corrected chi connectivity index (χ1v) is 7.88. The van der Waals surface area contributed by atoms with Crippen molar-refractivity contribution in [1.82, 2.24) is 9.97 Å². The van der Waals surface area contributed by atoms with Gasteiger partial charge in [0.1, 0.15) is 11.6 Å². The predicted octanol–water partition coefficient (Wildman–Crippen LogP) is 3.96. The zero-order valence-electron chi connectivity index (χ0n) is 14.1. The molecule has 25 heavy (non-hydrogen) atoms. The second-order valence-corrected chi connectivity index (χ2v) is 5.50. The maximum atomic E-state index is 11.6. The SMILES string of the molecule is COC(=O)Cc1cnc(C)nc1Oc1cccc(-c2ccccc2)c1. The van der Waals surface area contributed by atoms with E-state index < -0.39 is 0 Å². The highest BCUT2D eigenvalue weighted by atomic mass is 16.5. The number of rotatable bonds is 5. The zero-order chi connectivity index (χ0) is 17.6. The van der Waals surface area contributed by atoms with Crippen LogP contribution in [0.5, 0.6) is 11.6 Å². The van der Waals surface area contributed by atoms with Crippen LogP contribution in [0.15, 0.2) is 60.8 Å². The maximum Gasteiger partial charge on any atom is 0.310 e. The summed E-state index contributed by atoms with van der Waals surface area (Å²) in [5.74, 6) is 1.21. The van der Waals surface area contributed by atoms with Crippen LogP contribution in [0.3, 0.4) is 0 Å². The maximum absolute atomic E-state index is 11.6. The number of methoxy groups -OCH3 is 1. The van der Waals surface area contributed by atoms with E-state index in [0.29, 0.717) is 23.0 Å². The third kappa shape index (κ3) is 4.20. The van der Waals surface area contributed by atoms with Crippen LogP contribution in [0.1, 0.15) is 11.4 Å². The van der Waals surface area contributed by atoms with Gasteiger partial charge < -0.3 is 9.47 Å². The van der Waals surface area contributed by atoms with E-state index in [2.05, 4.69) is 9.97 Å². The number of aromatic nitrogens is 2. The topological polar surface area (TPSA) is 61.3 Å². The van der Waals surface area contributed by atoms with Gasteiger partial charge in [-0.05, 0) is 30.2 Å². The standard InChI is InChI=1S/C20H18N2O3/c1-14-21-13-17(12-19(23)24-2)20(22-14)25-18-10-6-9-16(11-18)15-7-4-3-5-8-15/h3-11,13H,12H2,1-2H3. The molecule has 0 aliphatic rings. The summed E-state index contributed by atoms with van der Waals surface area (Å²) in [6, 6.07) is 17.8. The summed E-state index contributed by atoms with van der Waals surface area (Å²) in [5.41, 5.74) is 2.72. The van der Waals surface area contributed by atoms with E-state index in [4.69, 9.17) is 9.47 Å². The van der Waals surface area contributed by atoms with Crippen LogP contribution in [-0.2, 0) is 16.0 Å². The van der Waals surface area contributed by atoms with Crippen LogP contribution < -0.4 is 4.74 Å². The fourth-order valence-electron chi connectivity index (χ4n) is 2.39. The molecule has 0 bridgehead atoms. The van der Waals surface area contributed by atoms with E-state index in [9.17, 15) is 4.79 Å². The molecule has 5 nitrogen and oxygen atoms in total. The fourth-order valence-corrected chi connectivity index (χ4v) is 2.39. The quantitative estimate of drug-likeness (QED) is 0.661. The van der Waals surface area contributed by atoms with E-state index >= 15 is 0 Å². The van der Waals surface area contributed by atoms with Crippen molar-refractivity contribution in [3.8, 4) is 22.8 Å². The minimum absolute atomic E-state index is 0.0600. The lowest BCUT2D eigenvalue weighted by molar-refractivity contribution is -0.139. The van der Waals surface area contributed by atoms with Gasteiger partial charge in [-0.15, -0.1) is 0 Å². The highest BCUT2D eigenvalue weighted by Crippen LogP contribution is 2.28. The number of esters is 1. The van der Waals surface area contributed by atoms with Gasteiger partial charge in [-0.3, -0.25) is 4.79 Å². The fraction of sp³-hybridized carbons (Fsp3) is 0.150. The molecule has 1 heterocycles. The molecular weight excluding hydrogens is 316 g/mol. The Bertz CT molecular complexity index is 879. The van der Waals surface area contributed by atoms with Crippen molar-refractivity contribution >= 4 is 5.97 Å². The average Bonchev–Trinajstić information content (AvgIpc) is 2.65. The minimum Gasteiger partial charge on any atom is -0.469 e. The van der Waals surface area contributed by atoms with E-state index in [0.717, 1.165) is 11.1 Å². The number of carbonyl (C=O) groups excluding carboxylic acids is 1. The van der Waals surface area contributed by atoms with Gasteiger partial charge in [-0.1, -0.05) is 42.5 Å². The van der Waals surface area contributed by atoms with Crippen LogP contribution in [0.2, 0.25) is 0 Å². The van der Waals surface area contributed by atoms with Crippen LogP contribution in [0.4, 0.5) is 0 Å². The highest BCUT2D eigenvalue weighted by Gasteiger charge is 2.13. The highest BCUT2D eigenvalue weighted by molar-refractivity contribution is 5.73. The lowest BCUT2D eigenvalue weighted by atomic mass is 10.1. The lowest BCUT2D eigenvalue weighted by Crippen LogP contribution is -2.08. The lowest BCUT2D eigenvalue weighted by Gasteiger charge is -2.11. The van der Waals surface area contributed by atoms with E-state index in [1.807, 2.05) is 54.6 Å². The van der Waals surface area contributed by atoms with Gasteiger partial charge in [0.25, 0.3) is 0 Å². The molecule has 0 fully saturated rings. The molecule has 0 aliphatic heterocycles.